The summed E-state index contributed by atoms with van der Waals surface area (Å²) in [6, 6.07) is 18.6. The van der Waals surface area contributed by atoms with E-state index in [0.29, 0.717) is 32.5 Å². The summed E-state index contributed by atoms with van der Waals surface area (Å²) in [5, 5.41) is 16.1. The molecule has 10 heteroatoms. The minimum absolute atomic E-state index is 0.141. The molecule has 36 heavy (non-hydrogen) atoms. The van der Waals surface area contributed by atoms with Crippen molar-refractivity contribution in [3.05, 3.63) is 93.2 Å². The quantitative estimate of drug-likeness (QED) is 0.239. The molecule has 2 amide bonds. The molecular weight excluding hydrogens is 517 g/mol. The van der Waals surface area contributed by atoms with Crippen molar-refractivity contribution in [2.75, 3.05) is 12.4 Å². The number of para-hydroxylation sites is 1. The number of carbonyl (C=O) groups is 1. The van der Waals surface area contributed by atoms with E-state index in [-0.39, 0.29) is 12.6 Å². The second kappa shape index (κ2) is 11.7. The van der Waals surface area contributed by atoms with E-state index in [2.05, 4.69) is 20.8 Å². The normalized spacial score (nSPS) is 10.8. The van der Waals surface area contributed by atoms with Crippen LogP contribution in [-0.2, 0) is 12.3 Å². The lowest BCUT2D eigenvalue weighted by molar-refractivity contribution is 0.251. The number of carbonyl (C=O) groups excluding carboxylic acids is 1. The number of rotatable bonds is 8. The van der Waals surface area contributed by atoms with Crippen molar-refractivity contribution in [3.8, 4) is 11.4 Å². The largest absolute Gasteiger partial charge is 0.497 e. The molecule has 186 valence electrons. The molecule has 0 unspecified atom stereocenters. The molecule has 0 aliphatic rings. The van der Waals surface area contributed by atoms with Crippen LogP contribution in [0.15, 0.2) is 65.8 Å². The first-order valence-electron chi connectivity index (χ1n) is 11.1. The molecule has 1 heterocycles. The van der Waals surface area contributed by atoms with Gasteiger partial charge in [0, 0.05) is 16.5 Å². The molecule has 0 aliphatic carbocycles. The summed E-state index contributed by atoms with van der Waals surface area (Å²) in [5.41, 5.74) is 4.50. The SMILES string of the molecule is COc1cccc(CSc2nnc(CNC(=O)Nc3c(C)cccc3C)n2-c2ccc(Cl)cc2Cl)c1. The number of benzene rings is 3. The third kappa shape index (κ3) is 6.13. The van der Waals surface area contributed by atoms with Gasteiger partial charge in [-0.1, -0.05) is 65.3 Å². The smallest absolute Gasteiger partial charge is 0.319 e. The zero-order valence-electron chi connectivity index (χ0n) is 20.0. The summed E-state index contributed by atoms with van der Waals surface area (Å²) >= 11 is 14.2. The Morgan fingerprint density at radius 3 is 2.50 bits per heavy atom. The minimum atomic E-state index is -0.338. The van der Waals surface area contributed by atoms with Crippen molar-refractivity contribution in [3.63, 3.8) is 0 Å². The number of amides is 2. The molecule has 0 saturated carbocycles. The van der Waals surface area contributed by atoms with Crippen LogP contribution in [0.5, 0.6) is 5.75 Å². The van der Waals surface area contributed by atoms with Crippen LogP contribution in [0.25, 0.3) is 5.69 Å². The Labute approximate surface area is 224 Å². The Bertz CT molecular complexity index is 1370. The van der Waals surface area contributed by atoms with Gasteiger partial charge in [0.25, 0.3) is 0 Å². The molecule has 7 nitrogen and oxygen atoms in total. The summed E-state index contributed by atoms with van der Waals surface area (Å²) in [6.45, 7) is 4.05. The van der Waals surface area contributed by atoms with Gasteiger partial charge >= 0.3 is 6.03 Å². The number of halogens is 2. The van der Waals surface area contributed by atoms with E-state index in [1.807, 2.05) is 66.9 Å². The highest BCUT2D eigenvalue weighted by Gasteiger charge is 2.18. The highest BCUT2D eigenvalue weighted by molar-refractivity contribution is 7.98. The molecule has 0 spiro atoms. The molecule has 0 radical (unpaired) electrons. The van der Waals surface area contributed by atoms with E-state index in [1.54, 1.807) is 19.2 Å². The fraction of sp³-hybridized carbons (Fsp3) is 0.192. The predicted octanol–water partition coefficient (Wildman–Crippen LogP) is 6.81. The number of ether oxygens (including phenoxy) is 1. The second-order valence-corrected chi connectivity index (χ2v) is 9.83. The van der Waals surface area contributed by atoms with Crippen LogP contribution in [0.4, 0.5) is 10.5 Å². The average Bonchev–Trinajstić information content (AvgIpc) is 3.26. The van der Waals surface area contributed by atoms with Crippen molar-refractivity contribution in [1.82, 2.24) is 20.1 Å². The maximum Gasteiger partial charge on any atom is 0.319 e. The van der Waals surface area contributed by atoms with Crippen molar-refractivity contribution in [1.29, 1.82) is 0 Å². The van der Waals surface area contributed by atoms with Crippen molar-refractivity contribution in [2.45, 2.75) is 31.3 Å². The number of nitrogens with zero attached hydrogens (tertiary/aromatic N) is 3. The van der Waals surface area contributed by atoms with Gasteiger partial charge < -0.3 is 15.4 Å². The van der Waals surface area contributed by atoms with Gasteiger partial charge in [0.2, 0.25) is 0 Å². The number of hydrogen-bond donors (Lipinski definition) is 2. The van der Waals surface area contributed by atoms with Gasteiger partial charge in [0.15, 0.2) is 11.0 Å². The van der Waals surface area contributed by atoms with Crippen LogP contribution in [0.2, 0.25) is 10.0 Å². The van der Waals surface area contributed by atoms with Gasteiger partial charge in [0.1, 0.15) is 5.75 Å². The highest BCUT2D eigenvalue weighted by Crippen LogP contribution is 2.31. The third-order valence-electron chi connectivity index (χ3n) is 5.48. The maximum atomic E-state index is 12.7. The molecule has 3 aromatic carbocycles. The Hall–Kier alpha value is -3.20. The Balaban J connectivity index is 1.56. The summed E-state index contributed by atoms with van der Waals surface area (Å²) in [6.07, 6.45) is 0. The van der Waals surface area contributed by atoms with E-state index >= 15 is 0 Å². The van der Waals surface area contributed by atoms with E-state index in [1.165, 1.54) is 11.8 Å². The zero-order valence-corrected chi connectivity index (χ0v) is 22.3. The summed E-state index contributed by atoms with van der Waals surface area (Å²) in [5.74, 6) is 1.96. The molecule has 1 aromatic heterocycles. The van der Waals surface area contributed by atoms with Crippen molar-refractivity contribution < 1.29 is 9.53 Å². The number of aromatic nitrogens is 3. The number of nitrogens with one attached hydrogen (secondary N) is 2. The average molecular weight is 542 g/mol. The van der Waals surface area contributed by atoms with E-state index in [0.717, 1.165) is 28.1 Å². The van der Waals surface area contributed by atoms with Crippen LogP contribution < -0.4 is 15.4 Å². The van der Waals surface area contributed by atoms with Gasteiger partial charge in [0.05, 0.1) is 24.4 Å². The van der Waals surface area contributed by atoms with Crippen molar-refractivity contribution >= 4 is 46.7 Å². The van der Waals surface area contributed by atoms with Gasteiger partial charge in [-0.25, -0.2) is 4.79 Å². The van der Waals surface area contributed by atoms with Crippen LogP contribution in [0.1, 0.15) is 22.5 Å². The maximum absolute atomic E-state index is 12.7. The molecule has 2 N–H and O–H groups in total. The first-order valence-corrected chi connectivity index (χ1v) is 12.9. The molecule has 4 aromatic rings. The van der Waals surface area contributed by atoms with Gasteiger partial charge in [-0.2, -0.15) is 0 Å². The number of methoxy groups -OCH3 is 1. The summed E-state index contributed by atoms with van der Waals surface area (Å²) in [4.78, 5) is 12.7. The number of hydrogen-bond acceptors (Lipinski definition) is 5. The molecular formula is C26H25Cl2N5O2S. The molecule has 0 atom stereocenters. The third-order valence-corrected chi connectivity index (χ3v) is 7.02. The van der Waals surface area contributed by atoms with Crippen LogP contribution in [0.3, 0.4) is 0 Å². The number of thioether (sulfide) groups is 1. The summed E-state index contributed by atoms with van der Waals surface area (Å²) in [7, 11) is 1.64. The van der Waals surface area contributed by atoms with Gasteiger partial charge in [-0.05, 0) is 60.9 Å². The van der Waals surface area contributed by atoms with E-state index in [9.17, 15) is 4.79 Å². The Morgan fingerprint density at radius 1 is 1.03 bits per heavy atom. The lowest BCUT2D eigenvalue weighted by Gasteiger charge is -2.14. The van der Waals surface area contributed by atoms with Crippen LogP contribution >= 0.6 is 35.0 Å². The minimum Gasteiger partial charge on any atom is -0.497 e. The molecule has 0 fully saturated rings. The highest BCUT2D eigenvalue weighted by atomic mass is 35.5. The van der Waals surface area contributed by atoms with E-state index in [4.69, 9.17) is 27.9 Å². The molecule has 0 aliphatic heterocycles. The van der Waals surface area contributed by atoms with Gasteiger partial charge in [-0.3, -0.25) is 4.57 Å². The number of urea groups is 1. The lowest BCUT2D eigenvalue weighted by Crippen LogP contribution is -2.30. The lowest BCUT2D eigenvalue weighted by atomic mass is 10.1. The van der Waals surface area contributed by atoms with Crippen LogP contribution in [-0.4, -0.2) is 27.9 Å². The Morgan fingerprint density at radius 2 is 1.78 bits per heavy atom. The number of aryl methyl sites for hydroxylation is 2. The zero-order chi connectivity index (χ0) is 25.7. The predicted molar refractivity (Wildman–Crippen MR) is 146 cm³/mol. The monoisotopic (exact) mass is 541 g/mol. The standard InChI is InChI=1S/C26H25Cl2N5O2S/c1-16-6-4-7-17(2)24(16)30-25(34)29-14-23-31-32-26(33(23)22-11-10-19(27)13-21(22)28)36-15-18-8-5-9-20(12-18)35-3/h4-13H,14-15H2,1-3H3,(H2,29,30,34). The Kier molecular flexibility index (Phi) is 8.40. The molecule has 4 rings (SSSR count). The van der Waals surface area contributed by atoms with Crippen molar-refractivity contribution in [2.24, 2.45) is 0 Å². The number of anilines is 1. The van der Waals surface area contributed by atoms with Crippen LogP contribution in [0, 0.1) is 13.8 Å². The summed E-state index contributed by atoms with van der Waals surface area (Å²) < 4.78 is 7.16. The molecule has 0 bridgehead atoms. The topological polar surface area (TPSA) is 81.1 Å². The fourth-order valence-electron chi connectivity index (χ4n) is 3.65. The van der Waals surface area contributed by atoms with Gasteiger partial charge in [-0.15, -0.1) is 10.2 Å². The first-order chi connectivity index (χ1) is 17.4. The first kappa shape index (κ1) is 25.9. The molecule has 0 saturated heterocycles. The van der Waals surface area contributed by atoms with E-state index < -0.39 is 0 Å². The fourth-order valence-corrected chi connectivity index (χ4v) is 5.05. The second-order valence-electron chi connectivity index (χ2n) is 8.04.